The number of hydrogen-bond acceptors (Lipinski definition) is 2. The van der Waals surface area contributed by atoms with Crippen LogP contribution >= 0.6 is 0 Å². The molecule has 15 heavy (non-hydrogen) atoms. The topological polar surface area (TPSA) is 75.4 Å². The molecule has 0 spiro atoms. The second-order valence-corrected chi connectivity index (χ2v) is 3.92. The Morgan fingerprint density at radius 2 is 2.27 bits per heavy atom. The van der Waals surface area contributed by atoms with E-state index in [1.54, 1.807) is 4.90 Å². The van der Waals surface area contributed by atoms with Gasteiger partial charge in [0.25, 0.3) is 0 Å². The van der Waals surface area contributed by atoms with Crippen molar-refractivity contribution in [2.24, 2.45) is 11.7 Å². The summed E-state index contributed by atoms with van der Waals surface area (Å²) in [5, 5.41) is 2.80. The second kappa shape index (κ2) is 5.58. The SMILES string of the molecule is CCCNC(=O)N1CCC[C@@H](C(N)=O)C1. The summed E-state index contributed by atoms with van der Waals surface area (Å²) in [5.41, 5.74) is 5.23. The molecule has 1 heterocycles. The van der Waals surface area contributed by atoms with Crippen LogP contribution in [0.4, 0.5) is 4.79 Å². The van der Waals surface area contributed by atoms with Gasteiger partial charge in [-0.05, 0) is 19.3 Å². The number of hydrogen-bond donors (Lipinski definition) is 2. The zero-order chi connectivity index (χ0) is 11.3. The van der Waals surface area contributed by atoms with Crippen LogP contribution in [0.15, 0.2) is 0 Å². The molecule has 1 aliphatic heterocycles. The first-order valence-electron chi connectivity index (χ1n) is 5.47. The molecule has 0 bridgehead atoms. The van der Waals surface area contributed by atoms with Crippen LogP contribution in [0.5, 0.6) is 0 Å². The van der Waals surface area contributed by atoms with E-state index in [0.29, 0.717) is 13.1 Å². The standard InChI is InChI=1S/C10H19N3O2/c1-2-5-12-10(15)13-6-3-4-8(7-13)9(11)14/h8H,2-7H2,1H3,(H2,11,14)(H,12,15)/t8-/m1/s1. The Balaban J connectivity index is 2.41. The van der Waals surface area contributed by atoms with Crippen LogP contribution < -0.4 is 11.1 Å². The highest BCUT2D eigenvalue weighted by molar-refractivity contribution is 5.79. The lowest BCUT2D eigenvalue weighted by Crippen LogP contribution is -2.48. The number of nitrogens with one attached hydrogen (secondary N) is 1. The predicted octanol–water partition coefficient (Wildman–Crippen LogP) is 0.303. The largest absolute Gasteiger partial charge is 0.369 e. The Morgan fingerprint density at radius 1 is 1.53 bits per heavy atom. The van der Waals surface area contributed by atoms with Crippen molar-refractivity contribution < 1.29 is 9.59 Å². The lowest BCUT2D eigenvalue weighted by Gasteiger charge is -2.31. The molecule has 0 aromatic rings. The summed E-state index contributed by atoms with van der Waals surface area (Å²) < 4.78 is 0. The number of carbonyl (C=O) groups is 2. The van der Waals surface area contributed by atoms with Crippen LogP contribution in [0.25, 0.3) is 0 Å². The Kier molecular flexibility index (Phi) is 4.39. The maximum absolute atomic E-state index is 11.6. The van der Waals surface area contributed by atoms with Crippen molar-refractivity contribution in [2.75, 3.05) is 19.6 Å². The minimum atomic E-state index is -0.303. The fourth-order valence-electron chi connectivity index (χ4n) is 1.74. The van der Waals surface area contributed by atoms with E-state index in [1.165, 1.54) is 0 Å². The highest BCUT2D eigenvalue weighted by atomic mass is 16.2. The molecule has 1 rings (SSSR count). The van der Waals surface area contributed by atoms with Crippen LogP contribution in [0.2, 0.25) is 0 Å². The quantitative estimate of drug-likeness (QED) is 0.707. The van der Waals surface area contributed by atoms with Gasteiger partial charge in [0.2, 0.25) is 5.91 Å². The Hall–Kier alpha value is -1.26. The first-order chi connectivity index (χ1) is 7.15. The molecule has 86 valence electrons. The van der Waals surface area contributed by atoms with Gasteiger partial charge in [0.15, 0.2) is 0 Å². The van der Waals surface area contributed by atoms with Crippen LogP contribution in [0.1, 0.15) is 26.2 Å². The molecule has 1 fully saturated rings. The number of piperidine rings is 1. The highest BCUT2D eigenvalue weighted by Crippen LogP contribution is 2.15. The number of nitrogens with zero attached hydrogens (tertiary/aromatic N) is 1. The average molecular weight is 213 g/mol. The minimum absolute atomic E-state index is 0.0807. The minimum Gasteiger partial charge on any atom is -0.369 e. The molecule has 5 nitrogen and oxygen atoms in total. The van der Waals surface area contributed by atoms with Gasteiger partial charge in [0.05, 0.1) is 5.92 Å². The molecule has 0 aromatic carbocycles. The van der Waals surface area contributed by atoms with E-state index in [9.17, 15) is 9.59 Å². The van der Waals surface area contributed by atoms with E-state index < -0.39 is 0 Å². The number of carbonyl (C=O) groups excluding carboxylic acids is 2. The fourth-order valence-corrected chi connectivity index (χ4v) is 1.74. The lowest BCUT2D eigenvalue weighted by atomic mass is 9.98. The zero-order valence-corrected chi connectivity index (χ0v) is 9.16. The van der Waals surface area contributed by atoms with Crippen molar-refractivity contribution in [2.45, 2.75) is 26.2 Å². The fraction of sp³-hybridized carbons (Fsp3) is 0.800. The molecule has 1 saturated heterocycles. The third-order valence-electron chi connectivity index (χ3n) is 2.64. The first-order valence-corrected chi connectivity index (χ1v) is 5.47. The number of primary amides is 1. The van der Waals surface area contributed by atoms with Gasteiger partial charge in [0.1, 0.15) is 0 Å². The number of amides is 3. The molecule has 0 saturated carbocycles. The van der Waals surface area contributed by atoms with Gasteiger partial charge < -0.3 is 16.0 Å². The van der Waals surface area contributed by atoms with Crippen LogP contribution in [-0.2, 0) is 4.79 Å². The molecule has 5 heteroatoms. The maximum Gasteiger partial charge on any atom is 0.317 e. The molecular weight excluding hydrogens is 194 g/mol. The van der Waals surface area contributed by atoms with Gasteiger partial charge in [-0.15, -0.1) is 0 Å². The summed E-state index contributed by atoms with van der Waals surface area (Å²) in [6.07, 6.45) is 2.57. The third-order valence-corrected chi connectivity index (χ3v) is 2.64. The van der Waals surface area contributed by atoms with Crippen LogP contribution in [0, 0.1) is 5.92 Å². The summed E-state index contributed by atoms with van der Waals surface area (Å²) in [7, 11) is 0. The molecule has 3 N–H and O–H groups in total. The first kappa shape index (κ1) is 11.8. The zero-order valence-electron chi connectivity index (χ0n) is 9.16. The normalized spacial score (nSPS) is 21.1. The number of nitrogens with two attached hydrogens (primary N) is 1. The van der Waals surface area contributed by atoms with Crippen molar-refractivity contribution in [1.29, 1.82) is 0 Å². The van der Waals surface area contributed by atoms with Crippen molar-refractivity contribution >= 4 is 11.9 Å². The molecule has 3 amide bonds. The third kappa shape index (κ3) is 3.42. The second-order valence-electron chi connectivity index (χ2n) is 3.92. The van der Waals surface area contributed by atoms with E-state index in [2.05, 4.69) is 5.32 Å². The van der Waals surface area contributed by atoms with Gasteiger partial charge in [-0.1, -0.05) is 6.92 Å². The molecule has 0 aromatic heterocycles. The van der Waals surface area contributed by atoms with Crippen molar-refractivity contribution in [3.63, 3.8) is 0 Å². The van der Waals surface area contributed by atoms with Gasteiger partial charge in [0, 0.05) is 19.6 Å². The summed E-state index contributed by atoms with van der Waals surface area (Å²) in [6.45, 7) is 3.86. The van der Waals surface area contributed by atoms with E-state index in [4.69, 9.17) is 5.73 Å². The summed E-state index contributed by atoms with van der Waals surface area (Å²) in [6, 6.07) is -0.0807. The molecule has 0 unspecified atom stereocenters. The Morgan fingerprint density at radius 3 is 2.87 bits per heavy atom. The summed E-state index contributed by atoms with van der Waals surface area (Å²) in [5.74, 6) is -0.478. The van der Waals surface area contributed by atoms with Crippen molar-refractivity contribution in [1.82, 2.24) is 10.2 Å². The number of urea groups is 1. The predicted molar refractivity (Wildman–Crippen MR) is 57.2 cm³/mol. The Labute approximate surface area is 90.0 Å². The van der Waals surface area contributed by atoms with E-state index in [1.807, 2.05) is 6.92 Å². The summed E-state index contributed by atoms with van der Waals surface area (Å²) >= 11 is 0. The monoisotopic (exact) mass is 213 g/mol. The van der Waals surface area contributed by atoms with Gasteiger partial charge in [-0.2, -0.15) is 0 Å². The van der Waals surface area contributed by atoms with Gasteiger partial charge >= 0.3 is 6.03 Å². The van der Waals surface area contributed by atoms with E-state index in [-0.39, 0.29) is 17.9 Å². The number of rotatable bonds is 3. The molecule has 1 atom stereocenters. The van der Waals surface area contributed by atoms with E-state index >= 15 is 0 Å². The van der Waals surface area contributed by atoms with Gasteiger partial charge in [-0.25, -0.2) is 4.79 Å². The Bertz CT molecular complexity index is 243. The average Bonchev–Trinajstić information content (AvgIpc) is 2.26. The summed E-state index contributed by atoms with van der Waals surface area (Å²) in [4.78, 5) is 24.3. The number of likely N-dealkylation sites (tertiary alicyclic amines) is 1. The molecular formula is C10H19N3O2. The molecule has 1 aliphatic rings. The lowest BCUT2D eigenvalue weighted by molar-refractivity contribution is -0.123. The highest BCUT2D eigenvalue weighted by Gasteiger charge is 2.26. The van der Waals surface area contributed by atoms with E-state index in [0.717, 1.165) is 25.8 Å². The molecule has 0 aliphatic carbocycles. The smallest absolute Gasteiger partial charge is 0.317 e. The van der Waals surface area contributed by atoms with Crippen molar-refractivity contribution in [3.05, 3.63) is 0 Å². The maximum atomic E-state index is 11.6. The molecule has 0 radical (unpaired) electrons. The van der Waals surface area contributed by atoms with Crippen molar-refractivity contribution in [3.8, 4) is 0 Å². The van der Waals surface area contributed by atoms with Crippen LogP contribution in [0.3, 0.4) is 0 Å². The van der Waals surface area contributed by atoms with Gasteiger partial charge in [-0.3, -0.25) is 4.79 Å². The van der Waals surface area contributed by atoms with Crippen LogP contribution in [-0.4, -0.2) is 36.5 Å².